The van der Waals surface area contributed by atoms with Gasteiger partial charge in [-0.05, 0) is 19.8 Å². The first-order chi connectivity index (χ1) is 7.93. The van der Waals surface area contributed by atoms with Gasteiger partial charge in [-0.1, -0.05) is 78.0 Å². The Labute approximate surface area is 106 Å². The van der Waals surface area contributed by atoms with Gasteiger partial charge in [-0.3, -0.25) is 0 Å². The molecular formula is C16H22Si. The average molecular weight is 242 g/mol. The molecule has 0 aromatic heterocycles. The van der Waals surface area contributed by atoms with Crippen molar-refractivity contribution in [2.75, 3.05) is 0 Å². The van der Waals surface area contributed by atoms with E-state index in [2.05, 4.69) is 70.3 Å². The molecule has 0 spiro atoms. The van der Waals surface area contributed by atoms with E-state index in [1.54, 1.807) is 10.4 Å². The zero-order valence-corrected chi connectivity index (χ0v) is 12.5. The second-order valence-electron chi connectivity index (χ2n) is 5.74. The van der Waals surface area contributed by atoms with Gasteiger partial charge in [0.15, 0.2) is 0 Å². The van der Waals surface area contributed by atoms with Crippen molar-refractivity contribution in [1.82, 2.24) is 0 Å². The second kappa shape index (κ2) is 4.30. The SMILES string of the molecule is CC1=C([Si](C)(C)c2ccc(C)cc2)C(C)C=C1. The van der Waals surface area contributed by atoms with E-state index in [0.717, 1.165) is 0 Å². The Balaban J connectivity index is 2.43. The van der Waals surface area contributed by atoms with Crippen LogP contribution in [0.5, 0.6) is 0 Å². The highest BCUT2D eigenvalue weighted by molar-refractivity contribution is 6.96. The van der Waals surface area contributed by atoms with Crippen LogP contribution >= 0.6 is 0 Å². The Kier molecular flexibility index (Phi) is 3.13. The first-order valence-corrected chi connectivity index (χ1v) is 9.39. The summed E-state index contributed by atoms with van der Waals surface area (Å²) in [5.41, 5.74) is 2.84. The third-order valence-corrected chi connectivity index (χ3v) is 7.93. The first-order valence-electron chi connectivity index (χ1n) is 6.39. The quantitative estimate of drug-likeness (QED) is 0.688. The molecule has 2 rings (SSSR count). The fraction of sp³-hybridized carbons (Fsp3) is 0.375. The lowest BCUT2D eigenvalue weighted by Gasteiger charge is -2.29. The van der Waals surface area contributed by atoms with Gasteiger partial charge in [0.1, 0.15) is 8.07 Å². The summed E-state index contributed by atoms with van der Waals surface area (Å²) in [4.78, 5) is 0. The number of hydrogen-bond acceptors (Lipinski definition) is 0. The second-order valence-corrected chi connectivity index (χ2v) is 10.1. The van der Waals surface area contributed by atoms with Gasteiger partial charge in [-0.15, -0.1) is 0 Å². The highest BCUT2D eigenvalue weighted by atomic mass is 28.3. The fourth-order valence-electron chi connectivity index (χ4n) is 3.02. The summed E-state index contributed by atoms with van der Waals surface area (Å²) in [6.45, 7) is 11.7. The molecule has 1 atom stereocenters. The highest BCUT2D eigenvalue weighted by Crippen LogP contribution is 2.32. The summed E-state index contributed by atoms with van der Waals surface area (Å²) >= 11 is 0. The molecule has 0 N–H and O–H groups in total. The third kappa shape index (κ3) is 2.16. The largest absolute Gasteiger partial charge is 0.108 e. The van der Waals surface area contributed by atoms with Crippen LogP contribution in [-0.2, 0) is 0 Å². The van der Waals surface area contributed by atoms with E-state index in [0.29, 0.717) is 5.92 Å². The van der Waals surface area contributed by atoms with E-state index >= 15 is 0 Å². The topological polar surface area (TPSA) is 0 Å². The van der Waals surface area contributed by atoms with Crippen LogP contribution in [0.25, 0.3) is 0 Å². The van der Waals surface area contributed by atoms with E-state index in [9.17, 15) is 0 Å². The first kappa shape index (κ1) is 12.4. The minimum atomic E-state index is -1.48. The lowest BCUT2D eigenvalue weighted by Crippen LogP contribution is -2.45. The van der Waals surface area contributed by atoms with Crippen LogP contribution in [0.4, 0.5) is 0 Å². The van der Waals surface area contributed by atoms with Gasteiger partial charge < -0.3 is 0 Å². The molecule has 1 aromatic rings. The van der Waals surface area contributed by atoms with Crippen LogP contribution in [0, 0.1) is 12.8 Å². The summed E-state index contributed by atoms with van der Waals surface area (Å²) in [7, 11) is -1.48. The normalized spacial score (nSPS) is 20.2. The molecule has 0 amide bonds. The Bertz CT molecular complexity index is 475. The van der Waals surface area contributed by atoms with Crippen LogP contribution in [0.1, 0.15) is 19.4 Å². The molecule has 0 aliphatic heterocycles. The number of benzene rings is 1. The fourth-order valence-corrected chi connectivity index (χ4v) is 6.64. The van der Waals surface area contributed by atoms with Crippen molar-refractivity contribution in [3.63, 3.8) is 0 Å². The predicted octanol–water partition coefficient (Wildman–Crippen LogP) is 3.97. The highest BCUT2D eigenvalue weighted by Gasteiger charge is 2.33. The average Bonchev–Trinajstić information content (AvgIpc) is 2.59. The molecule has 1 aliphatic carbocycles. The smallest absolute Gasteiger partial charge is 0.0777 e. The molecule has 1 heteroatoms. The molecule has 0 bridgehead atoms. The van der Waals surface area contributed by atoms with Crippen LogP contribution in [0.2, 0.25) is 13.1 Å². The molecule has 0 nitrogen and oxygen atoms in total. The Morgan fingerprint density at radius 2 is 1.59 bits per heavy atom. The number of hydrogen-bond donors (Lipinski definition) is 0. The van der Waals surface area contributed by atoms with Crippen molar-refractivity contribution in [3.05, 3.63) is 52.8 Å². The maximum absolute atomic E-state index is 2.47. The van der Waals surface area contributed by atoms with Crippen molar-refractivity contribution in [2.24, 2.45) is 5.92 Å². The summed E-state index contributed by atoms with van der Waals surface area (Å²) in [6.07, 6.45) is 4.64. The monoisotopic (exact) mass is 242 g/mol. The Morgan fingerprint density at radius 3 is 2.06 bits per heavy atom. The molecule has 90 valence electrons. The van der Waals surface area contributed by atoms with Gasteiger partial charge in [0.05, 0.1) is 0 Å². The molecule has 17 heavy (non-hydrogen) atoms. The van der Waals surface area contributed by atoms with E-state index < -0.39 is 8.07 Å². The Morgan fingerprint density at radius 1 is 1.00 bits per heavy atom. The molecule has 1 aromatic carbocycles. The summed E-state index contributed by atoms with van der Waals surface area (Å²) in [5, 5.41) is 3.24. The summed E-state index contributed by atoms with van der Waals surface area (Å²) in [5.74, 6) is 0.623. The van der Waals surface area contributed by atoms with Crippen molar-refractivity contribution in [2.45, 2.75) is 33.9 Å². The molecule has 1 unspecified atom stereocenters. The van der Waals surface area contributed by atoms with Gasteiger partial charge in [-0.25, -0.2) is 0 Å². The van der Waals surface area contributed by atoms with Crippen molar-refractivity contribution in [3.8, 4) is 0 Å². The number of rotatable bonds is 2. The Hall–Kier alpha value is -1.08. The lowest BCUT2D eigenvalue weighted by atomic mass is 10.2. The zero-order chi connectivity index (χ0) is 12.6. The number of aryl methyl sites for hydroxylation is 1. The molecule has 1 aliphatic rings. The minimum absolute atomic E-state index is 0.623. The maximum atomic E-state index is 2.47. The maximum Gasteiger partial charge on any atom is 0.108 e. The van der Waals surface area contributed by atoms with Crippen LogP contribution in [0.15, 0.2) is 47.2 Å². The molecule has 0 heterocycles. The molecule has 0 radical (unpaired) electrons. The molecule has 0 saturated carbocycles. The van der Waals surface area contributed by atoms with Gasteiger partial charge >= 0.3 is 0 Å². The van der Waals surface area contributed by atoms with E-state index in [4.69, 9.17) is 0 Å². The van der Waals surface area contributed by atoms with E-state index in [-0.39, 0.29) is 0 Å². The molecule has 0 fully saturated rings. The van der Waals surface area contributed by atoms with Crippen LogP contribution in [-0.4, -0.2) is 8.07 Å². The molecule has 0 saturated heterocycles. The third-order valence-electron chi connectivity index (χ3n) is 3.96. The van der Waals surface area contributed by atoms with Crippen molar-refractivity contribution >= 4 is 13.3 Å². The summed E-state index contributed by atoms with van der Waals surface area (Å²) < 4.78 is 0. The van der Waals surface area contributed by atoms with Crippen LogP contribution < -0.4 is 5.19 Å². The van der Waals surface area contributed by atoms with E-state index in [1.165, 1.54) is 11.1 Å². The van der Waals surface area contributed by atoms with Crippen molar-refractivity contribution < 1.29 is 0 Å². The lowest BCUT2D eigenvalue weighted by molar-refractivity contribution is 0.921. The molecular weight excluding hydrogens is 220 g/mol. The standard InChI is InChI=1S/C16H22Si/c1-12-6-10-15(11-7-12)17(4,5)16-13(2)8-9-14(16)3/h6-11,13H,1-5H3. The van der Waals surface area contributed by atoms with Crippen molar-refractivity contribution in [1.29, 1.82) is 0 Å². The number of allylic oxidation sites excluding steroid dienone is 4. The van der Waals surface area contributed by atoms with Crippen LogP contribution in [0.3, 0.4) is 0 Å². The van der Waals surface area contributed by atoms with Gasteiger partial charge in [-0.2, -0.15) is 0 Å². The van der Waals surface area contributed by atoms with Gasteiger partial charge in [0.2, 0.25) is 0 Å². The van der Waals surface area contributed by atoms with Gasteiger partial charge in [0.25, 0.3) is 0 Å². The van der Waals surface area contributed by atoms with E-state index in [1.807, 2.05) is 0 Å². The predicted molar refractivity (Wildman–Crippen MR) is 79.3 cm³/mol. The zero-order valence-electron chi connectivity index (χ0n) is 11.5. The summed E-state index contributed by atoms with van der Waals surface area (Å²) in [6, 6.07) is 9.14. The van der Waals surface area contributed by atoms with Gasteiger partial charge in [0, 0.05) is 0 Å². The minimum Gasteiger partial charge on any atom is -0.0777 e.